The summed E-state index contributed by atoms with van der Waals surface area (Å²) in [5.41, 5.74) is 3.15. The fourth-order valence-electron chi connectivity index (χ4n) is 2.59. The van der Waals surface area contributed by atoms with Crippen molar-refractivity contribution in [3.8, 4) is 0 Å². The van der Waals surface area contributed by atoms with Crippen molar-refractivity contribution < 1.29 is 5.11 Å². The fraction of sp³-hybridized carbons (Fsp3) is 0.588. The Labute approximate surface area is 122 Å². The normalized spacial score (nSPS) is 12.3. The summed E-state index contributed by atoms with van der Waals surface area (Å²) < 4.78 is 2.00. The van der Waals surface area contributed by atoms with Crippen LogP contribution < -0.4 is 0 Å². The topological polar surface area (TPSA) is 37.5 Å². The van der Waals surface area contributed by atoms with Crippen LogP contribution in [0.1, 0.15) is 64.3 Å². The highest BCUT2D eigenvalue weighted by atomic mass is 16.3. The van der Waals surface area contributed by atoms with Gasteiger partial charge in [-0.3, -0.25) is 0 Å². The predicted octanol–water partition coefficient (Wildman–Crippen LogP) is 4.53. The first kappa shape index (κ1) is 16.7. The number of rotatable bonds is 5. The lowest BCUT2D eigenvalue weighted by Gasteiger charge is -2.20. The second-order valence-electron chi connectivity index (χ2n) is 5.02. The van der Waals surface area contributed by atoms with Crippen molar-refractivity contribution in [3.63, 3.8) is 0 Å². The van der Waals surface area contributed by atoms with Gasteiger partial charge in [-0.2, -0.15) is 0 Å². The molecule has 1 unspecified atom stereocenters. The Bertz CT molecular complexity index is 515. The molecule has 3 heteroatoms. The van der Waals surface area contributed by atoms with Crippen LogP contribution in [0.5, 0.6) is 0 Å². The maximum absolute atomic E-state index is 10.5. The van der Waals surface area contributed by atoms with E-state index in [0.717, 1.165) is 36.0 Å². The Morgan fingerprint density at radius 1 is 1.20 bits per heavy atom. The third kappa shape index (κ3) is 3.60. The van der Waals surface area contributed by atoms with E-state index in [-0.39, 0.29) is 0 Å². The van der Waals surface area contributed by atoms with Gasteiger partial charge in [0, 0.05) is 0 Å². The lowest BCUT2D eigenvalue weighted by atomic mass is 9.93. The molecule has 0 saturated carbocycles. The highest BCUT2D eigenvalue weighted by Crippen LogP contribution is 2.27. The van der Waals surface area contributed by atoms with Gasteiger partial charge in [0.05, 0.1) is 29.8 Å². The Balaban J connectivity index is 0.000000956. The van der Waals surface area contributed by atoms with Crippen LogP contribution in [0.4, 0.5) is 0 Å². The van der Waals surface area contributed by atoms with Gasteiger partial charge in [0.2, 0.25) is 0 Å². The van der Waals surface area contributed by atoms with E-state index in [1.54, 1.807) is 6.33 Å². The van der Waals surface area contributed by atoms with Crippen LogP contribution in [0.15, 0.2) is 24.7 Å². The summed E-state index contributed by atoms with van der Waals surface area (Å²) in [7, 11) is 0. The molecule has 20 heavy (non-hydrogen) atoms. The van der Waals surface area contributed by atoms with Gasteiger partial charge in [-0.1, -0.05) is 46.6 Å². The SMILES string of the molecule is CC.CCC(CC)CC(O)c1c(C)ccc2cncn12. The highest BCUT2D eigenvalue weighted by molar-refractivity contribution is 5.48. The number of imidazole rings is 1. The van der Waals surface area contributed by atoms with Gasteiger partial charge in [0.25, 0.3) is 0 Å². The molecule has 0 saturated heterocycles. The van der Waals surface area contributed by atoms with Crippen molar-refractivity contribution >= 4 is 5.52 Å². The van der Waals surface area contributed by atoms with Gasteiger partial charge < -0.3 is 9.51 Å². The summed E-state index contributed by atoms with van der Waals surface area (Å²) in [5, 5.41) is 10.5. The molecule has 0 aliphatic carbocycles. The highest BCUT2D eigenvalue weighted by Gasteiger charge is 2.18. The van der Waals surface area contributed by atoms with Crippen molar-refractivity contribution in [3.05, 3.63) is 35.9 Å². The number of aliphatic hydroxyl groups is 1. The molecule has 0 aromatic carbocycles. The van der Waals surface area contributed by atoms with Crippen LogP contribution in [-0.2, 0) is 0 Å². The first-order valence-electron chi connectivity index (χ1n) is 7.77. The van der Waals surface area contributed by atoms with Gasteiger partial charge in [-0.05, 0) is 30.9 Å². The minimum atomic E-state index is -0.409. The zero-order valence-corrected chi connectivity index (χ0v) is 13.4. The lowest BCUT2D eigenvalue weighted by Crippen LogP contribution is -2.11. The third-order valence-corrected chi connectivity index (χ3v) is 3.86. The Morgan fingerprint density at radius 2 is 1.85 bits per heavy atom. The van der Waals surface area contributed by atoms with Crippen molar-refractivity contribution in [2.45, 2.75) is 60.0 Å². The average Bonchev–Trinajstić information content (AvgIpc) is 2.94. The van der Waals surface area contributed by atoms with E-state index in [0.29, 0.717) is 5.92 Å². The Morgan fingerprint density at radius 3 is 2.45 bits per heavy atom. The van der Waals surface area contributed by atoms with Gasteiger partial charge in [0.15, 0.2) is 0 Å². The second kappa shape index (κ2) is 8.05. The molecule has 2 aromatic heterocycles. The van der Waals surface area contributed by atoms with Crippen molar-refractivity contribution in [2.75, 3.05) is 0 Å². The fourth-order valence-corrected chi connectivity index (χ4v) is 2.59. The number of aryl methyl sites for hydroxylation is 1. The summed E-state index contributed by atoms with van der Waals surface area (Å²) >= 11 is 0. The number of fused-ring (bicyclic) bond motifs is 1. The first-order chi connectivity index (χ1) is 9.67. The second-order valence-corrected chi connectivity index (χ2v) is 5.02. The lowest BCUT2D eigenvalue weighted by molar-refractivity contribution is 0.135. The molecule has 2 aromatic rings. The molecule has 0 bridgehead atoms. The number of hydrogen-bond acceptors (Lipinski definition) is 2. The Hall–Kier alpha value is -1.35. The number of pyridine rings is 1. The minimum Gasteiger partial charge on any atom is -0.387 e. The largest absolute Gasteiger partial charge is 0.387 e. The van der Waals surface area contributed by atoms with Gasteiger partial charge >= 0.3 is 0 Å². The van der Waals surface area contributed by atoms with Crippen LogP contribution in [0.3, 0.4) is 0 Å². The molecule has 2 heterocycles. The van der Waals surface area contributed by atoms with E-state index in [1.807, 2.05) is 37.4 Å². The molecule has 1 N–H and O–H groups in total. The molecule has 0 spiro atoms. The summed E-state index contributed by atoms with van der Waals surface area (Å²) in [6, 6.07) is 4.10. The van der Waals surface area contributed by atoms with E-state index >= 15 is 0 Å². The van der Waals surface area contributed by atoms with Crippen molar-refractivity contribution in [1.29, 1.82) is 0 Å². The van der Waals surface area contributed by atoms with E-state index in [9.17, 15) is 5.11 Å². The number of aromatic nitrogens is 2. The molecule has 0 amide bonds. The first-order valence-corrected chi connectivity index (χ1v) is 7.77. The summed E-state index contributed by atoms with van der Waals surface area (Å²) in [4.78, 5) is 4.16. The summed E-state index contributed by atoms with van der Waals surface area (Å²) in [5.74, 6) is 0.582. The van der Waals surface area contributed by atoms with Crippen LogP contribution in [0.2, 0.25) is 0 Å². The molecule has 0 aliphatic heterocycles. The molecule has 3 nitrogen and oxygen atoms in total. The Kier molecular flexibility index (Phi) is 6.73. The monoisotopic (exact) mass is 276 g/mol. The average molecular weight is 276 g/mol. The zero-order valence-electron chi connectivity index (χ0n) is 13.4. The van der Waals surface area contributed by atoms with Crippen LogP contribution in [0.25, 0.3) is 5.52 Å². The number of nitrogens with zero attached hydrogens (tertiary/aromatic N) is 2. The quantitative estimate of drug-likeness (QED) is 0.871. The van der Waals surface area contributed by atoms with Crippen LogP contribution in [-0.4, -0.2) is 14.5 Å². The maximum atomic E-state index is 10.5. The maximum Gasteiger partial charge on any atom is 0.0995 e. The van der Waals surface area contributed by atoms with Crippen LogP contribution in [0, 0.1) is 12.8 Å². The molecule has 0 radical (unpaired) electrons. The van der Waals surface area contributed by atoms with Crippen LogP contribution >= 0.6 is 0 Å². The molecule has 1 atom stereocenters. The number of hydrogen-bond donors (Lipinski definition) is 1. The van der Waals surface area contributed by atoms with E-state index in [4.69, 9.17) is 0 Å². The van der Waals surface area contributed by atoms with Gasteiger partial charge in [-0.25, -0.2) is 4.98 Å². The van der Waals surface area contributed by atoms with Gasteiger partial charge in [-0.15, -0.1) is 0 Å². The molecule has 0 aliphatic rings. The molecule has 0 fully saturated rings. The van der Waals surface area contributed by atoms with Gasteiger partial charge in [0.1, 0.15) is 0 Å². The number of aliphatic hydroxyl groups excluding tert-OH is 1. The van der Waals surface area contributed by atoms with E-state index in [1.165, 1.54) is 0 Å². The standard InChI is InChI=1S/C15H22N2O.C2H6/c1-4-12(5-2)8-14(18)15-11(3)6-7-13-9-16-10-17(13)15;1-2/h6-7,9-10,12,14,18H,4-5,8H2,1-3H3;1-2H3. The van der Waals surface area contributed by atoms with E-state index in [2.05, 4.69) is 24.9 Å². The predicted molar refractivity (Wildman–Crippen MR) is 84.9 cm³/mol. The summed E-state index contributed by atoms with van der Waals surface area (Å²) in [6.45, 7) is 10.4. The third-order valence-electron chi connectivity index (χ3n) is 3.86. The smallest absolute Gasteiger partial charge is 0.0995 e. The zero-order chi connectivity index (χ0) is 15.1. The van der Waals surface area contributed by atoms with Crippen molar-refractivity contribution in [1.82, 2.24) is 9.38 Å². The molecular formula is C17H28N2O. The molecule has 112 valence electrons. The minimum absolute atomic E-state index is 0.409. The van der Waals surface area contributed by atoms with E-state index < -0.39 is 6.10 Å². The van der Waals surface area contributed by atoms with Crippen molar-refractivity contribution in [2.24, 2.45) is 5.92 Å². The molecular weight excluding hydrogens is 248 g/mol. The molecule has 2 rings (SSSR count). The summed E-state index contributed by atoms with van der Waals surface area (Å²) in [6.07, 6.45) is 6.26.